The minimum Gasteiger partial charge on any atom is -0.354 e. The van der Waals surface area contributed by atoms with Gasteiger partial charge in [-0.25, -0.2) is 4.39 Å². The third-order valence-electron chi connectivity index (χ3n) is 4.15. The summed E-state index contributed by atoms with van der Waals surface area (Å²) in [6, 6.07) is 8.35. The lowest BCUT2D eigenvalue weighted by Gasteiger charge is -2.41. The summed E-state index contributed by atoms with van der Waals surface area (Å²) in [5.74, 6) is -0.187. The highest BCUT2D eigenvalue weighted by atomic mass is 19.1. The van der Waals surface area contributed by atoms with Gasteiger partial charge in [-0.2, -0.15) is 0 Å². The van der Waals surface area contributed by atoms with E-state index in [1.807, 2.05) is 35.7 Å². The molecule has 1 fully saturated rings. The lowest BCUT2D eigenvalue weighted by Crippen LogP contribution is -2.45. The molecular weight excluding hydrogens is 255 g/mol. The number of hydrogen-bond donors (Lipinski definition) is 0. The third kappa shape index (κ3) is 2.01. The van der Waals surface area contributed by atoms with Crippen molar-refractivity contribution in [1.82, 2.24) is 9.47 Å². The van der Waals surface area contributed by atoms with Gasteiger partial charge in [-0.3, -0.25) is 4.79 Å². The zero-order chi connectivity index (χ0) is 14.3. The molecule has 0 N–H and O–H groups in total. The second-order valence-electron chi connectivity index (χ2n) is 5.28. The van der Waals surface area contributed by atoms with Crippen LogP contribution in [0.5, 0.6) is 0 Å². The van der Waals surface area contributed by atoms with Gasteiger partial charge in [0, 0.05) is 25.5 Å². The summed E-state index contributed by atoms with van der Waals surface area (Å²) in [4.78, 5) is 14.4. The Morgan fingerprint density at radius 3 is 2.45 bits per heavy atom. The zero-order valence-corrected chi connectivity index (χ0v) is 11.6. The van der Waals surface area contributed by atoms with Crippen LogP contribution in [0.15, 0.2) is 36.5 Å². The molecule has 0 saturated carbocycles. The first kappa shape index (κ1) is 12.9. The average Bonchev–Trinajstić information content (AvgIpc) is 2.71. The Kier molecular flexibility index (Phi) is 3.08. The van der Waals surface area contributed by atoms with Crippen LogP contribution in [-0.2, 0) is 7.05 Å². The number of nitrogens with zero attached hydrogens (tertiary/aromatic N) is 2. The second kappa shape index (κ2) is 4.78. The van der Waals surface area contributed by atoms with E-state index in [9.17, 15) is 9.18 Å². The number of rotatable bonds is 2. The Hall–Kier alpha value is -2.10. The molecule has 1 aromatic heterocycles. The first-order valence-corrected chi connectivity index (χ1v) is 6.76. The van der Waals surface area contributed by atoms with Crippen molar-refractivity contribution >= 4 is 5.91 Å². The predicted molar refractivity (Wildman–Crippen MR) is 74.9 cm³/mol. The van der Waals surface area contributed by atoms with E-state index in [2.05, 4.69) is 0 Å². The van der Waals surface area contributed by atoms with Gasteiger partial charge in [0.25, 0.3) is 5.91 Å². The van der Waals surface area contributed by atoms with Crippen molar-refractivity contribution in [2.45, 2.75) is 19.4 Å². The van der Waals surface area contributed by atoms with Crippen LogP contribution in [0.4, 0.5) is 4.39 Å². The Labute approximate surface area is 117 Å². The van der Waals surface area contributed by atoms with E-state index < -0.39 is 0 Å². The van der Waals surface area contributed by atoms with Gasteiger partial charge in [-0.15, -0.1) is 0 Å². The third-order valence-corrected chi connectivity index (χ3v) is 4.15. The molecule has 0 bridgehead atoms. The lowest BCUT2D eigenvalue weighted by molar-refractivity contribution is 0.0459. The molecule has 1 saturated heterocycles. The van der Waals surface area contributed by atoms with Crippen LogP contribution in [-0.4, -0.2) is 21.9 Å². The maximum atomic E-state index is 13.0. The standard InChI is InChI=1S/C16H17FN2O/c1-11-14(7-9-18(11)2)16(20)19-10-8-15(19)12-3-5-13(17)6-4-12/h3-7,9,15H,8,10H2,1-2H3. The smallest absolute Gasteiger partial charge is 0.256 e. The molecular formula is C16H17FN2O. The number of aromatic nitrogens is 1. The highest BCUT2D eigenvalue weighted by molar-refractivity contribution is 5.96. The van der Waals surface area contributed by atoms with E-state index in [4.69, 9.17) is 0 Å². The van der Waals surface area contributed by atoms with Crippen LogP contribution >= 0.6 is 0 Å². The summed E-state index contributed by atoms with van der Waals surface area (Å²) in [5.41, 5.74) is 2.72. The zero-order valence-electron chi connectivity index (χ0n) is 11.6. The number of hydrogen-bond acceptors (Lipinski definition) is 1. The van der Waals surface area contributed by atoms with Crippen molar-refractivity contribution in [3.8, 4) is 0 Å². The molecule has 20 heavy (non-hydrogen) atoms. The van der Waals surface area contributed by atoms with E-state index in [0.29, 0.717) is 0 Å². The van der Waals surface area contributed by atoms with Gasteiger partial charge in [-0.1, -0.05) is 12.1 Å². The quantitative estimate of drug-likeness (QED) is 0.825. The van der Waals surface area contributed by atoms with Crippen molar-refractivity contribution in [2.75, 3.05) is 6.54 Å². The fraction of sp³-hybridized carbons (Fsp3) is 0.312. The molecule has 0 aliphatic carbocycles. The molecule has 1 aromatic carbocycles. The summed E-state index contributed by atoms with van der Waals surface area (Å²) in [5, 5.41) is 0. The molecule has 3 rings (SSSR count). The first-order valence-electron chi connectivity index (χ1n) is 6.76. The molecule has 1 aliphatic heterocycles. The number of carbonyl (C=O) groups is 1. The van der Waals surface area contributed by atoms with Crippen LogP contribution in [0.3, 0.4) is 0 Å². The second-order valence-corrected chi connectivity index (χ2v) is 5.28. The van der Waals surface area contributed by atoms with E-state index >= 15 is 0 Å². The largest absolute Gasteiger partial charge is 0.354 e. The van der Waals surface area contributed by atoms with Crippen LogP contribution in [0.1, 0.15) is 34.1 Å². The number of likely N-dealkylation sites (tertiary alicyclic amines) is 1. The highest BCUT2D eigenvalue weighted by Gasteiger charge is 2.34. The van der Waals surface area contributed by atoms with Crippen LogP contribution in [0.25, 0.3) is 0 Å². The molecule has 4 heteroatoms. The Bertz CT molecular complexity index is 645. The van der Waals surface area contributed by atoms with Gasteiger partial charge in [0.15, 0.2) is 0 Å². The number of halogens is 1. The fourth-order valence-electron chi connectivity index (χ4n) is 2.65. The number of benzene rings is 1. The van der Waals surface area contributed by atoms with Crippen molar-refractivity contribution in [3.63, 3.8) is 0 Å². The summed E-state index contributed by atoms with van der Waals surface area (Å²) >= 11 is 0. The Morgan fingerprint density at radius 2 is 1.95 bits per heavy atom. The number of carbonyl (C=O) groups excluding carboxylic acids is 1. The molecule has 0 radical (unpaired) electrons. The number of amides is 1. The maximum Gasteiger partial charge on any atom is 0.256 e. The van der Waals surface area contributed by atoms with Crippen molar-refractivity contribution in [1.29, 1.82) is 0 Å². The normalized spacial score (nSPS) is 17.9. The van der Waals surface area contributed by atoms with Gasteiger partial charge in [-0.05, 0) is 37.1 Å². The molecule has 1 atom stereocenters. The maximum absolute atomic E-state index is 13.0. The van der Waals surface area contributed by atoms with Gasteiger partial charge in [0.1, 0.15) is 5.82 Å². The first-order chi connectivity index (χ1) is 9.58. The van der Waals surface area contributed by atoms with Crippen molar-refractivity contribution < 1.29 is 9.18 Å². The molecule has 104 valence electrons. The molecule has 1 aliphatic rings. The van der Waals surface area contributed by atoms with Gasteiger partial charge in [0.2, 0.25) is 0 Å². The van der Waals surface area contributed by atoms with E-state index in [-0.39, 0.29) is 17.8 Å². The molecule has 2 aromatic rings. The lowest BCUT2D eigenvalue weighted by atomic mass is 9.93. The van der Waals surface area contributed by atoms with Gasteiger partial charge in [0.05, 0.1) is 11.6 Å². The SMILES string of the molecule is Cc1c(C(=O)N2CCC2c2ccc(F)cc2)ccn1C. The summed E-state index contributed by atoms with van der Waals surface area (Å²) in [6.07, 6.45) is 2.83. The Morgan fingerprint density at radius 1 is 1.25 bits per heavy atom. The van der Waals surface area contributed by atoms with E-state index in [0.717, 1.165) is 29.8 Å². The highest BCUT2D eigenvalue weighted by Crippen LogP contribution is 2.34. The van der Waals surface area contributed by atoms with Gasteiger partial charge >= 0.3 is 0 Å². The monoisotopic (exact) mass is 272 g/mol. The Balaban J connectivity index is 1.83. The van der Waals surface area contributed by atoms with Crippen LogP contribution < -0.4 is 0 Å². The summed E-state index contributed by atoms with van der Waals surface area (Å²) in [6.45, 7) is 2.70. The summed E-state index contributed by atoms with van der Waals surface area (Å²) < 4.78 is 14.9. The molecule has 0 spiro atoms. The van der Waals surface area contributed by atoms with Gasteiger partial charge < -0.3 is 9.47 Å². The molecule has 2 heterocycles. The van der Waals surface area contributed by atoms with Crippen LogP contribution in [0.2, 0.25) is 0 Å². The van der Waals surface area contributed by atoms with Crippen LogP contribution in [0, 0.1) is 12.7 Å². The van der Waals surface area contributed by atoms with Crippen molar-refractivity contribution in [3.05, 3.63) is 59.2 Å². The number of aryl methyl sites for hydroxylation is 1. The molecule has 1 unspecified atom stereocenters. The minimum absolute atomic E-state index is 0.0590. The fourth-order valence-corrected chi connectivity index (χ4v) is 2.65. The average molecular weight is 272 g/mol. The minimum atomic E-state index is -0.246. The summed E-state index contributed by atoms with van der Waals surface area (Å²) in [7, 11) is 1.93. The topological polar surface area (TPSA) is 25.2 Å². The van der Waals surface area contributed by atoms with E-state index in [1.165, 1.54) is 12.1 Å². The predicted octanol–water partition coefficient (Wildman–Crippen LogP) is 3.06. The van der Waals surface area contributed by atoms with Crippen molar-refractivity contribution in [2.24, 2.45) is 7.05 Å². The molecule has 1 amide bonds. The van der Waals surface area contributed by atoms with E-state index in [1.54, 1.807) is 12.1 Å². The molecule has 3 nitrogen and oxygen atoms in total.